The number of anilines is 2. The molecular weight excluding hydrogens is 665 g/mol. The SMILES string of the molecule is COc1nc(-c2cccc(-c3cccc(Nc4nc(C(F)F)nc5c4c(=O)n(C)c(=O)n5C)c3Cl)c2Cl)cnc1CN1CC2C(C)C2C1. The Morgan fingerprint density at radius 1 is 0.958 bits per heavy atom. The third-order valence-electron chi connectivity index (χ3n) is 9.41. The molecule has 0 bridgehead atoms. The van der Waals surface area contributed by atoms with Crippen molar-refractivity contribution in [3.63, 3.8) is 0 Å². The number of likely N-dealkylation sites (tertiary alicyclic amines) is 1. The van der Waals surface area contributed by atoms with Crippen LogP contribution in [-0.4, -0.2) is 54.2 Å². The van der Waals surface area contributed by atoms with Gasteiger partial charge in [-0.25, -0.2) is 28.5 Å². The van der Waals surface area contributed by atoms with Gasteiger partial charge < -0.3 is 10.1 Å². The van der Waals surface area contributed by atoms with Crippen LogP contribution in [0.2, 0.25) is 10.0 Å². The van der Waals surface area contributed by atoms with Gasteiger partial charge in [0.15, 0.2) is 11.5 Å². The number of hydrogen-bond acceptors (Lipinski definition) is 9. The van der Waals surface area contributed by atoms with E-state index in [9.17, 15) is 18.4 Å². The summed E-state index contributed by atoms with van der Waals surface area (Å²) in [7, 11) is 4.18. The summed E-state index contributed by atoms with van der Waals surface area (Å²) in [6.07, 6.45) is -1.39. The second-order valence-corrected chi connectivity index (χ2v) is 12.9. The molecular formula is C33H30Cl2F2N8O3. The Morgan fingerprint density at radius 2 is 1.62 bits per heavy atom. The molecule has 0 amide bonds. The number of methoxy groups -OCH3 is 1. The van der Waals surface area contributed by atoms with Gasteiger partial charge in [0.25, 0.3) is 12.0 Å². The lowest BCUT2D eigenvalue weighted by atomic mass is 10.0. The third kappa shape index (κ3) is 5.39. The molecule has 0 spiro atoms. The summed E-state index contributed by atoms with van der Waals surface area (Å²) in [5.41, 5.74) is 1.49. The number of rotatable bonds is 8. The highest BCUT2D eigenvalue weighted by atomic mass is 35.5. The minimum absolute atomic E-state index is 0.155. The molecule has 1 aliphatic heterocycles. The second kappa shape index (κ2) is 12.2. The zero-order chi connectivity index (χ0) is 34.0. The van der Waals surface area contributed by atoms with Crippen molar-refractivity contribution in [1.82, 2.24) is 34.0 Å². The fourth-order valence-corrected chi connectivity index (χ4v) is 7.22. The number of fused-ring (bicyclic) bond motifs is 2. The molecule has 248 valence electrons. The van der Waals surface area contributed by atoms with Gasteiger partial charge in [-0.15, -0.1) is 0 Å². The van der Waals surface area contributed by atoms with Crippen molar-refractivity contribution in [3.05, 3.63) is 85.0 Å². The van der Waals surface area contributed by atoms with Gasteiger partial charge in [0.1, 0.15) is 16.9 Å². The van der Waals surface area contributed by atoms with Gasteiger partial charge >= 0.3 is 5.69 Å². The molecule has 1 saturated heterocycles. The number of piperidine rings is 1. The molecule has 4 heterocycles. The summed E-state index contributed by atoms with van der Waals surface area (Å²) < 4.78 is 35.1. The topological polar surface area (TPSA) is 120 Å². The molecule has 2 atom stereocenters. The lowest BCUT2D eigenvalue weighted by Gasteiger charge is -2.19. The minimum Gasteiger partial charge on any atom is -0.480 e. The highest BCUT2D eigenvalue weighted by molar-refractivity contribution is 6.39. The van der Waals surface area contributed by atoms with Crippen molar-refractivity contribution in [2.45, 2.75) is 19.9 Å². The monoisotopic (exact) mass is 694 g/mol. The maximum Gasteiger partial charge on any atom is 0.332 e. The zero-order valence-electron chi connectivity index (χ0n) is 26.3. The van der Waals surface area contributed by atoms with Crippen molar-refractivity contribution >= 4 is 45.7 Å². The maximum absolute atomic E-state index is 13.8. The van der Waals surface area contributed by atoms with E-state index in [4.69, 9.17) is 37.9 Å². The highest BCUT2D eigenvalue weighted by Crippen LogP contribution is 2.51. The van der Waals surface area contributed by atoms with Crippen LogP contribution in [0.5, 0.6) is 5.88 Å². The Balaban J connectivity index is 1.24. The molecule has 2 unspecified atom stereocenters. The Labute approximate surface area is 283 Å². The molecule has 0 radical (unpaired) electrons. The summed E-state index contributed by atoms with van der Waals surface area (Å²) in [6.45, 7) is 5.07. The van der Waals surface area contributed by atoms with Crippen LogP contribution in [0.3, 0.4) is 0 Å². The summed E-state index contributed by atoms with van der Waals surface area (Å²) >= 11 is 13.9. The predicted octanol–water partition coefficient (Wildman–Crippen LogP) is 5.85. The third-order valence-corrected chi connectivity index (χ3v) is 10.2. The summed E-state index contributed by atoms with van der Waals surface area (Å²) in [6, 6.07) is 10.5. The van der Waals surface area contributed by atoms with Crippen LogP contribution in [0.15, 0.2) is 52.2 Å². The van der Waals surface area contributed by atoms with Crippen molar-refractivity contribution in [2.24, 2.45) is 31.8 Å². The van der Waals surface area contributed by atoms with Crippen molar-refractivity contribution in [3.8, 4) is 28.3 Å². The standard InChI is InChI=1S/C33H30Cl2F2N8O3/c1-15-19-12-45(13-20(15)19)14-23-31(48-4)40-22(11-38-23)18-9-5-7-16(25(18)34)17-8-6-10-21(26(17)35)39-28-24-30(42-29(41-28)27(36)37)43(2)33(47)44(3)32(24)46/h5-11,15,19-20,27H,12-14H2,1-4H3,(H,39,41,42). The van der Waals surface area contributed by atoms with Crippen LogP contribution in [0.25, 0.3) is 33.4 Å². The van der Waals surface area contributed by atoms with Crippen LogP contribution < -0.4 is 21.3 Å². The molecule has 3 aromatic heterocycles. The molecule has 2 aromatic carbocycles. The van der Waals surface area contributed by atoms with Gasteiger partial charge in [0.05, 0.1) is 34.7 Å². The van der Waals surface area contributed by atoms with E-state index in [0.29, 0.717) is 39.8 Å². The largest absolute Gasteiger partial charge is 0.480 e. The van der Waals surface area contributed by atoms with E-state index < -0.39 is 23.5 Å². The molecule has 2 fully saturated rings. The van der Waals surface area contributed by atoms with E-state index in [2.05, 4.69) is 27.1 Å². The molecule has 11 nitrogen and oxygen atoms in total. The van der Waals surface area contributed by atoms with E-state index in [1.54, 1.807) is 37.6 Å². The Bertz CT molecular complexity index is 2220. The smallest absolute Gasteiger partial charge is 0.332 e. The molecule has 1 aliphatic carbocycles. The molecule has 1 N–H and O–H groups in total. The number of benzene rings is 2. The average Bonchev–Trinajstić information content (AvgIpc) is 3.45. The number of aromatic nitrogens is 6. The second-order valence-electron chi connectivity index (χ2n) is 12.2. The summed E-state index contributed by atoms with van der Waals surface area (Å²) in [4.78, 5) is 45.2. The van der Waals surface area contributed by atoms with Gasteiger partial charge in [-0.1, -0.05) is 60.5 Å². The lowest BCUT2D eigenvalue weighted by molar-refractivity contribution is 0.141. The van der Waals surface area contributed by atoms with Crippen LogP contribution in [0.4, 0.5) is 20.3 Å². The molecule has 1 saturated carbocycles. The van der Waals surface area contributed by atoms with E-state index in [-0.39, 0.29) is 27.6 Å². The fraction of sp³-hybridized carbons (Fsp3) is 0.333. The van der Waals surface area contributed by atoms with E-state index in [0.717, 1.165) is 45.7 Å². The molecule has 48 heavy (non-hydrogen) atoms. The first-order valence-corrected chi connectivity index (χ1v) is 16.0. The number of alkyl halides is 2. The average molecular weight is 696 g/mol. The first kappa shape index (κ1) is 32.1. The normalized spacial score (nSPS) is 18.8. The molecule has 15 heteroatoms. The first-order valence-electron chi connectivity index (χ1n) is 15.2. The number of hydrogen-bond donors (Lipinski definition) is 1. The van der Waals surface area contributed by atoms with Crippen LogP contribution in [-0.2, 0) is 20.6 Å². The van der Waals surface area contributed by atoms with E-state index in [1.165, 1.54) is 14.1 Å². The Hall–Kier alpha value is -4.46. The van der Waals surface area contributed by atoms with Gasteiger partial charge in [-0.2, -0.15) is 0 Å². The van der Waals surface area contributed by atoms with Gasteiger partial charge in [0, 0.05) is 50.4 Å². The predicted molar refractivity (Wildman–Crippen MR) is 179 cm³/mol. The number of aryl methyl sites for hydroxylation is 1. The van der Waals surface area contributed by atoms with Crippen molar-refractivity contribution < 1.29 is 13.5 Å². The quantitative estimate of drug-likeness (QED) is 0.213. The maximum atomic E-state index is 13.8. The minimum atomic E-state index is -3.07. The van der Waals surface area contributed by atoms with E-state index >= 15 is 0 Å². The molecule has 5 aromatic rings. The lowest BCUT2D eigenvalue weighted by Crippen LogP contribution is -2.38. The fourth-order valence-electron chi connectivity index (χ4n) is 6.62. The van der Waals surface area contributed by atoms with Crippen LogP contribution in [0, 0.1) is 17.8 Å². The Kier molecular flexibility index (Phi) is 8.17. The number of ether oxygens (including phenoxy) is 1. The summed E-state index contributed by atoms with van der Waals surface area (Å²) in [5.74, 6) is 1.67. The highest BCUT2D eigenvalue weighted by Gasteiger charge is 2.52. The van der Waals surface area contributed by atoms with Crippen molar-refractivity contribution in [2.75, 3.05) is 25.5 Å². The van der Waals surface area contributed by atoms with E-state index in [1.807, 2.05) is 12.1 Å². The van der Waals surface area contributed by atoms with Gasteiger partial charge in [-0.3, -0.25) is 23.8 Å². The number of halogens is 4. The zero-order valence-corrected chi connectivity index (χ0v) is 27.9. The van der Waals surface area contributed by atoms with Crippen molar-refractivity contribution in [1.29, 1.82) is 0 Å². The number of nitrogens with zero attached hydrogens (tertiary/aromatic N) is 7. The molecule has 2 aliphatic rings. The van der Waals surface area contributed by atoms with Gasteiger partial charge in [-0.05, 0) is 23.8 Å². The number of nitrogens with one attached hydrogen (secondary N) is 1. The summed E-state index contributed by atoms with van der Waals surface area (Å²) in [5, 5.41) is 3.31. The first-order chi connectivity index (χ1) is 23.0. The molecule has 7 rings (SSSR count). The van der Waals surface area contributed by atoms with Gasteiger partial charge in [0.2, 0.25) is 5.88 Å². The van der Waals surface area contributed by atoms with Crippen LogP contribution in [0.1, 0.15) is 24.9 Å². The Morgan fingerprint density at radius 3 is 2.31 bits per heavy atom. The van der Waals surface area contributed by atoms with Crippen LogP contribution >= 0.6 is 23.2 Å².